The van der Waals surface area contributed by atoms with Crippen LogP contribution in [0.4, 0.5) is 10.2 Å². The van der Waals surface area contributed by atoms with Gasteiger partial charge in [-0.05, 0) is 44.0 Å². The van der Waals surface area contributed by atoms with Crippen molar-refractivity contribution in [2.45, 2.75) is 31.8 Å². The molecule has 2 unspecified atom stereocenters. The normalized spacial score (nSPS) is 21.9. The SMILES string of the molecule is CC1COc2ccc(F)cc2C2CCCN2c2ccn3ncc(c3n2)C(=O)N1. The van der Waals surface area contributed by atoms with Gasteiger partial charge in [0.15, 0.2) is 5.65 Å². The predicted molar refractivity (Wildman–Crippen MR) is 101 cm³/mol. The number of halogens is 1. The highest BCUT2D eigenvalue weighted by molar-refractivity contribution is 5.99. The molecule has 2 bridgehead atoms. The third-order valence-corrected chi connectivity index (χ3v) is 5.34. The van der Waals surface area contributed by atoms with E-state index in [4.69, 9.17) is 9.72 Å². The Hall–Kier alpha value is -3.16. The minimum absolute atomic E-state index is 0.0354. The molecular weight excluding hydrogens is 361 g/mol. The van der Waals surface area contributed by atoms with Gasteiger partial charge in [-0.1, -0.05) is 0 Å². The number of ether oxygens (including phenoxy) is 1. The van der Waals surface area contributed by atoms with E-state index >= 15 is 0 Å². The van der Waals surface area contributed by atoms with Crippen LogP contribution in [0, 0.1) is 5.82 Å². The Labute approximate surface area is 161 Å². The second-order valence-electron chi connectivity index (χ2n) is 7.33. The summed E-state index contributed by atoms with van der Waals surface area (Å²) in [4.78, 5) is 19.6. The minimum atomic E-state index is -0.290. The number of hydrogen-bond donors (Lipinski definition) is 1. The third-order valence-electron chi connectivity index (χ3n) is 5.34. The number of rotatable bonds is 0. The largest absolute Gasteiger partial charge is 0.491 e. The molecular formula is C20H20FN5O2. The van der Waals surface area contributed by atoms with Crippen LogP contribution >= 0.6 is 0 Å². The van der Waals surface area contributed by atoms with Crippen molar-refractivity contribution in [3.05, 3.63) is 53.6 Å². The lowest BCUT2D eigenvalue weighted by Crippen LogP contribution is -2.36. The highest BCUT2D eigenvalue weighted by atomic mass is 19.1. The lowest BCUT2D eigenvalue weighted by molar-refractivity contribution is 0.0928. The lowest BCUT2D eigenvalue weighted by atomic mass is 10.0. The first-order valence-electron chi connectivity index (χ1n) is 9.44. The molecule has 1 N–H and O–H groups in total. The molecule has 2 aromatic heterocycles. The van der Waals surface area contributed by atoms with Crippen LogP contribution < -0.4 is 15.0 Å². The van der Waals surface area contributed by atoms with Crippen LogP contribution in [-0.2, 0) is 0 Å². The van der Waals surface area contributed by atoms with E-state index in [9.17, 15) is 9.18 Å². The van der Waals surface area contributed by atoms with Crippen molar-refractivity contribution in [1.82, 2.24) is 19.9 Å². The lowest BCUT2D eigenvalue weighted by Gasteiger charge is -2.27. The van der Waals surface area contributed by atoms with E-state index in [0.717, 1.165) is 30.8 Å². The Morgan fingerprint density at radius 2 is 2.21 bits per heavy atom. The fourth-order valence-electron chi connectivity index (χ4n) is 4.01. The van der Waals surface area contributed by atoms with Crippen molar-refractivity contribution < 1.29 is 13.9 Å². The molecule has 3 aromatic rings. The van der Waals surface area contributed by atoms with E-state index < -0.39 is 0 Å². The van der Waals surface area contributed by atoms with Crippen LogP contribution in [0.25, 0.3) is 5.65 Å². The van der Waals surface area contributed by atoms with E-state index in [1.807, 2.05) is 13.0 Å². The molecule has 1 amide bonds. The molecule has 1 saturated heterocycles. The molecule has 8 heteroatoms. The van der Waals surface area contributed by atoms with Crippen molar-refractivity contribution in [2.24, 2.45) is 0 Å². The summed E-state index contributed by atoms with van der Waals surface area (Å²) in [6, 6.07) is 6.23. The Morgan fingerprint density at radius 1 is 1.32 bits per heavy atom. The molecule has 0 spiro atoms. The van der Waals surface area contributed by atoms with Crippen LogP contribution in [0.2, 0.25) is 0 Å². The van der Waals surface area contributed by atoms with Crippen molar-refractivity contribution >= 4 is 17.4 Å². The number of carbonyl (C=O) groups is 1. The molecule has 2 aliphatic heterocycles. The summed E-state index contributed by atoms with van der Waals surface area (Å²) in [5, 5.41) is 7.16. The first-order valence-corrected chi connectivity index (χ1v) is 9.44. The Morgan fingerprint density at radius 3 is 3.11 bits per heavy atom. The van der Waals surface area contributed by atoms with Gasteiger partial charge >= 0.3 is 0 Å². The van der Waals surface area contributed by atoms with Crippen molar-refractivity contribution in [1.29, 1.82) is 0 Å². The fourth-order valence-corrected chi connectivity index (χ4v) is 4.01. The van der Waals surface area contributed by atoms with Crippen molar-refractivity contribution in [3.8, 4) is 5.75 Å². The first kappa shape index (κ1) is 17.0. The third kappa shape index (κ3) is 2.76. The zero-order valence-corrected chi connectivity index (χ0v) is 15.4. The van der Waals surface area contributed by atoms with Crippen LogP contribution in [0.15, 0.2) is 36.7 Å². The summed E-state index contributed by atoms with van der Waals surface area (Å²) in [6.07, 6.45) is 5.18. The Bertz CT molecular complexity index is 1070. The van der Waals surface area contributed by atoms with Crippen molar-refractivity contribution in [2.75, 3.05) is 18.1 Å². The van der Waals surface area contributed by atoms with Crippen molar-refractivity contribution in [3.63, 3.8) is 0 Å². The summed E-state index contributed by atoms with van der Waals surface area (Å²) in [7, 11) is 0. The van der Waals surface area contributed by atoms with Gasteiger partial charge < -0.3 is 15.0 Å². The summed E-state index contributed by atoms with van der Waals surface area (Å²) in [5.74, 6) is 0.850. The molecule has 28 heavy (non-hydrogen) atoms. The van der Waals surface area contributed by atoms with Gasteiger partial charge in [-0.15, -0.1) is 0 Å². The molecule has 0 radical (unpaired) electrons. The monoisotopic (exact) mass is 381 g/mol. The van der Waals surface area contributed by atoms with E-state index in [1.165, 1.54) is 12.3 Å². The molecule has 1 aromatic carbocycles. The van der Waals surface area contributed by atoms with Gasteiger partial charge in [-0.25, -0.2) is 13.9 Å². The van der Waals surface area contributed by atoms with Crippen LogP contribution in [0.3, 0.4) is 0 Å². The molecule has 144 valence electrons. The first-order chi connectivity index (χ1) is 13.6. The summed E-state index contributed by atoms with van der Waals surface area (Å²) < 4.78 is 21.6. The Kier molecular flexibility index (Phi) is 3.92. The van der Waals surface area contributed by atoms with Crippen LogP contribution in [0.1, 0.15) is 41.7 Å². The average Bonchev–Trinajstić information content (AvgIpc) is 3.32. The zero-order chi connectivity index (χ0) is 19.3. The van der Waals surface area contributed by atoms with Crippen LogP contribution in [0.5, 0.6) is 5.75 Å². The number of fused-ring (bicyclic) bond motifs is 5. The fraction of sp³-hybridized carbons (Fsp3) is 0.350. The maximum absolute atomic E-state index is 14.1. The second kappa shape index (κ2) is 6.47. The molecule has 5 rings (SSSR count). The number of aromatic nitrogens is 3. The molecule has 2 atom stereocenters. The summed E-state index contributed by atoms with van der Waals surface area (Å²) in [5.41, 5.74) is 1.74. The topological polar surface area (TPSA) is 71.8 Å². The highest BCUT2D eigenvalue weighted by Crippen LogP contribution is 2.40. The quantitative estimate of drug-likeness (QED) is 0.648. The maximum atomic E-state index is 14.1. The molecule has 2 aliphatic rings. The number of anilines is 1. The number of nitrogens with zero attached hydrogens (tertiary/aromatic N) is 4. The number of nitrogens with one attached hydrogen (secondary N) is 1. The smallest absolute Gasteiger partial charge is 0.257 e. The Balaban J connectivity index is 1.69. The minimum Gasteiger partial charge on any atom is -0.491 e. The average molecular weight is 381 g/mol. The van der Waals surface area contributed by atoms with E-state index in [1.54, 1.807) is 22.8 Å². The zero-order valence-electron chi connectivity index (χ0n) is 15.4. The number of amides is 1. The van der Waals surface area contributed by atoms with Crippen LogP contribution in [-0.4, -0.2) is 39.7 Å². The van der Waals surface area contributed by atoms with Gasteiger partial charge in [-0.3, -0.25) is 4.79 Å². The number of carbonyl (C=O) groups excluding carboxylic acids is 1. The predicted octanol–water partition coefficient (Wildman–Crippen LogP) is 2.72. The molecule has 1 fully saturated rings. The second-order valence-corrected chi connectivity index (χ2v) is 7.33. The van der Waals surface area contributed by atoms with E-state index in [-0.39, 0.29) is 30.4 Å². The summed E-state index contributed by atoms with van der Waals surface area (Å²) in [6.45, 7) is 2.95. The molecule has 7 nitrogen and oxygen atoms in total. The van der Waals surface area contributed by atoms with Gasteiger partial charge in [0, 0.05) is 18.3 Å². The van der Waals surface area contributed by atoms with Gasteiger partial charge in [-0.2, -0.15) is 5.10 Å². The molecule has 0 aliphatic carbocycles. The number of benzene rings is 1. The van der Waals surface area contributed by atoms with Gasteiger partial charge in [0.25, 0.3) is 5.91 Å². The standard InChI is InChI=1S/C20H20FN5O2/c1-12-11-28-17-5-4-13(21)9-14(17)16-3-2-7-25(16)18-6-8-26-19(24-18)15(10-22-26)20(27)23-12/h4-6,8-10,12,16H,2-3,7,11H2,1H3,(H,23,27). The summed E-state index contributed by atoms with van der Waals surface area (Å²) >= 11 is 0. The number of hydrogen-bond acceptors (Lipinski definition) is 5. The maximum Gasteiger partial charge on any atom is 0.257 e. The van der Waals surface area contributed by atoms with Gasteiger partial charge in [0.2, 0.25) is 0 Å². The van der Waals surface area contributed by atoms with Gasteiger partial charge in [0.1, 0.15) is 29.6 Å². The highest BCUT2D eigenvalue weighted by Gasteiger charge is 2.31. The van der Waals surface area contributed by atoms with E-state index in [0.29, 0.717) is 17.0 Å². The van der Waals surface area contributed by atoms with E-state index in [2.05, 4.69) is 15.3 Å². The molecule has 0 saturated carbocycles. The molecule has 4 heterocycles. The van der Waals surface area contributed by atoms with Gasteiger partial charge in [0.05, 0.1) is 18.3 Å².